The molecule has 11 nitrogen and oxygen atoms in total. The van der Waals surface area contributed by atoms with Crippen LogP contribution in [0.4, 0.5) is 5.69 Å². The summed E-state index contributed by atoms with van der Waals surface area (Å²) in [6, 6.07) is 13.3. The zero-order chi connectivity index (χ0) is 24.3. The van der Waals surface area contributed by atoms with Crippen LogP contribution < -0.4 is 27.5 Å². The monoisotopic (exact) mass is 472 g/mol. The normalized spacial score (nSPS) is 13.2. The molecule has 33 heavy (non-hydrogen) atoms. The van der Waals surface area contributed by atoms with E-state index in [4.69, 9.17) is 22.0 Å². The number of hydrogen-bond donors (Lipinski definition) is 4. The van der Waals surface area contributed by atoms with E-state index in [0.29, 0.717) is 11.1 Å². The number of nitrogens with zero attached hydrogens (tertiary/aromatic N) is 2. The molecule has 1 amide bonds. The summed E-state index contributed by atoms with van der Waals surface area (Å²) in [6.07, 6.45) is -1.04. The SMILES string of the molecule is Cc1ccc(NS(=O)(=O)c2cccc3ccccc23)c(=O)n1C(C(N)=O)C(C)ON=C(N)N. The van der Waals surface area contributed by atoms with Crippen molar-refractivity contribution in [3.63, 3.8) is 0 Å². The van der Waals surface area contributed by atoms with Crippen LogP contribution in [0.1, 0.15) is 18.7 Å². The molecular formula is C21H24N6O5S. The van der Waals surface area contributed by atoms with Crippen molar-refractivity contribution in [1.29, 1.82) is 0 Å². The minimum Gasteiger partial charge on any atom is -0.387 e. The van der Waals surface area contributed by atoms with Gasteiger partial charge in [-0.05, 0) is 42.6 Å². The van der Waals surface area contributed by atoms with E-state index in [-0.39, 0.29) is 16.5 Å². The van der Waals surface area contributed by atoms with Crippen molar-refractivity contribution in [3.8, 4) is 0 Å². The van der Waals surface area contributed by atoms with Crippen molar-refractivity contribution in [1.82, 2.24) is 4.57 Å². The Morgan fingerprint density at radius 3 is 2.39 bits per heavy atom. The Kier molecular flexibility index (Phi) is 6.58. The lowest BCUT2D eigenvalue weighted by Gasteiger charge is -2.24. The fourth-order valence-electron chi connectivity index (χ4n) is 3.47. The number of fused-ring (bicyclic) bond motifs is 1. The van der Waals surface area contributed by atoms with Gasteiger partial charge in [0.1, 0.15) is 5.69 Å². The second-order valence-electron chi connectivity index (χ2n) is 7.32. The van der Waals surface area contributed by atoms with Gasteiger partial charge in [0, 0.05) is 11.1 Å². The average molecular weight is 473 g/mol. The number of nitrogens with one attached hydrogen (secondary N) is 1. The minimum absolute atomic E-state index is 0.00281. The molecule has 12 heteroatoms. The predicted octanol–water partition coefficient (Wildman–Crippen LogP) is 0.731. The maximum atomic E-state index is 13.2. The molecule has 0 saturated carbocycles. The number of nitrogens with two attached hydrogens (primary N) is 3. The Hall–Kier alpha value is -4.06. The van der Waals surface area contributed by atoms with Gasteiger partial charge < -0.3 is 22.0 Å². The molecule has 2 atom stereocenters. The highest BCUT2D eigenvalue weighted by Gasteiger charge is 2.30. The van der Waals surface area contributed by atoms with Crippen molar-refractivity contribution >= 4 is 38.3 Å². The molecule has 1 aromatic heterocycles. The lowest BCUT2D eigenvalue weighted by atomic mass is 10.1. The highest BCUT2D eigenvalue weighted by atomic mass is 32.2. The Labute approximate surface area is 189 Å². The highest BCUT2D eigenvalue weighted by Crippen LogP contribution is 2.25. The Bertz CT molecular complexity index is 1390. The molecule has 0 bridgehead atoms. The first-order valence-corrected chi connectivity index (χ1v) is 11.3. The lowest BCUT2D eigenvalue weighted by molar-refractivity contribution is -0.125. The predicted molar refractivity (Wildman–Crippen MR) is 125 cm³/mol. The number of benzene rings is 2. The fraction of sp³-hybridized carbons (Fsp3) is 0.190. The van der Waals surface area contributed by atoms with Crippen LogP contribution in [0.25, 0.3) is 10.8 Å². The number of oxime groups is 1. The standard InChI is InChI=1S/C21H24N6O5S/c1-12-10-11-16(20(29)27(12)18(19(22)28)13(2)32-25-21(23)24)26-33(30,31)17-9-5-7-14-6-3-4-8-15(14)17/h3-11,13,18,26H,1-2H3,(H2,22,28)(H4,23,24,25). The van der Waals surface area contributed by atoms with Gasteiger partial charge in [0.2, 0.25) is 11.9 Å². The molecule has 0 saturated heterocycles. The minimum atomic E-state index is -4.15. The number of carbonyl (C=O) groups is 1. The van der Waals surface area contributed by atoms with E-state index in [9.17, 15) is 18.0 Å². The van der Waals surface area contributed by atoms with Crippen LogP contribution in [0.15, 0.2) is 69.4 Å². The number of sulfonamides is 1. The number of aromatic nitrogens is 1. The highest BCUT2D eigenvalue weighted by molar-refractivity contribution is 7.93. The smallest absolute Gasteiger partial charge is 0.275 e. The van der Waals surface area contributed by atoms with Gasteiger partial charge in [-0.1, -0.05) is 36.4 Å². The number of hydrogen-bond acceptors (Lipinski definition) is 6. The number of pyridine rings is 1. The number of guanidine groups is 1. The molecule has 0 radical (unpaired) electrons. The molecule has 3 rings (SSSR count). The average Bonchev–Trinajstić information content (AvgIpc) is 2.76. The second-order valence-corrected chi connectivity index (χ2v) is 8.97. The van der Waals surface area contributed by atoms with Gasteiger partial charge in [0.15, 0.2) is 12.1 Å². The van der Waals surface area contributed by atoms with Gasteiger partial charge >= 0.3 is 0 Å². The van der Waals surface area contributed by atoms with Gasteiger partial charge in [-0.2, -0.15) is 0 Å². The first-order chi connectivity index (χ1) is 15.5. The number of primary amides is 1. The molecule has 0 aliphatic rings. The summed E-state index contributed by atoms with van der Waals surface area (Å²) >= 11 is 0. The Morgan fingerprint density at radius 2 is 1.73 bits per heavy atom. The van der Waals surface area contributed by atoms with E-state index in [1.807, 2.05) is 0 Å². The first kappa shape index (κ1) is 23.6. The van der Waals surface area contributed by atoms with Crippen LogP contribution >= 0.6 is 0 Å². The van der Waals surface area contributed by atoms with Gasteiger partial charge in [0.05, 0.1) is 4.90 Å². The topological polar surface area (TPSA) is 185 Å². The van der Waals surface area contributed by atoms with E-state index >= 15 is 0 Å². The van der Waals surface area contributed by atoms with E-state index in [0.717, 1.165) is 9.95 Å². The van der Waals surface area contributed by atoms with Crippen molar-refractivity contribution in [2.24, 2.45) is 22.4 Å². The maximum absolute atomic E-state index is 13.2. The Morgan fingerprint density at radius 1 is 1.06 bits per heavy atom. The summed E-state index contributed by atoms with van der Waals surface area (Å²) in [5.74, 6) is -1.28. The molecule has 0 aliphatic carbocycles. The summed E-state index contributed by atoms with van der Waals surface area (Å²) < 4.78 is 29.7. The van der Waals surface area contributed by atoms with Crippen LogP contribution in [0.5, 0.6) is 0 Å². The molecule has 2 aromatic carbocycles. The van der Waals surface area contributed by atoms with Crippen LogP contribution in [0, 0.1) is 6.92 Å². The molecule has 0 spiro atoms. The van der Waals surface area contributed by atoms with Crippen molar-refractivity contribution in [3.05, 3.63) is 70.6 Å². The third-order valence-corrected chi connectivity index (χ3v) is 6.37. The largest absolute Gasteiger partial charge is 0.387 e. The van der Waals surface area contributed by atoms with Gasteiger partial charge in [-0.3, -0.25) is 18.9 Å². The summed E-state index contributed by atoms with van der Waals surface area (Å²) in [5, 5.41) is 4.62. The van der Waals surface area contributed by atoms with E-state index < -0.39 is 33.6 Å². The molecule has 7 N–H and O–H groups in total. The first-order valence-electron chi connectivity index (χ1n) is 9.79. The van der Waals surface area contributed by atoms with Crippen molar-refractivity contribution < 1.29 is 18.0 Å². The summed E-state index contributed by atoms with van der Waals surface area (Å²) in [6.45, 7) is 3.01. The molecular weight excluding hydrogens is 448 g/mol. The third-order valence-electron chi connectivity index (χ3n) is 4.94. The van der Waals surface area contributed by atoms with Crippen molar-refractivity contribution in [2.75, 3.05) is 4.72 Å². The maximum Gasteiger partial charge on any atom is 0.275 e. The van der Waals surface area contributed by atoms with Crippen LogP contribution in [0.3, 0.4) is 0 Å². The number of rotatable bonds is 8. The molecule has 0 fully saturated rings. The van der Waals surface area contributed by atoms with Crippen molar-refractivity contribution in [2.45, 2.75) is 30.9 Å². The molecule has 174 valence electrons. The number of amides is 1. The molecule has 2 unspecified atom stereocenters. The van der Waals surface area contributed by atoms with E-state index in [1.54, 1.807) is 43.3 Å². The summed E-state index contributed by atoms with van der Waals surface area (Å²) in [7, 11) is -4.15. The molecule has 3 aromatic rings. The number of anilines is 1. The lowest BCUT2D eigenvalue weighted by Crippen LogP contribution is -2.42. The number of aryl methyl sites for hydroxylation is 1. The summed E-state index contributed by atoms with van der Waals surface area (Å²) in [4.78, 5) is 30.5. The van der Waals surface area contributed by atoms with Gasteiger partial charge in [0.25, 0.3) is 15.6 Å². The summed E-state index contributed by atoms with van der Waals surface area (Å²) in [5.41, 5.74) is 15.3. The van der Waals surface area contributed by atoms with Crippen LogP contribution in [0.2, 0.25) is 0 Å². The number of carbonyl (C=O) groups excluding carboxylic acids is 1. The fourth-order valence-corrected chi connectivity index (χ4v) is 4.76. The van der Waals surface area contributed by atoms with Crippen LogP contribution in [-0.2, 0) is 19.7 Å². The van der Waals surface area contributed by atoms with Gasteiger partial charge in [-0.25, -0.2) is 8.42 Å². The third kappa shape index (κ3) is 4.90. The van der Waals surface area contributed by atoms with E-state index in [2.05, 4.69) is 9.88 Å². The van der Waals surface area contributed by atoms with E-state index in [1.165, 1.54) is 25.1 Å². The molecule has 0 aliphatic heterocycles. The zero-order valence-electron chi connectivity index (χ0n) is 17.9. The Balaban J connectivity index is 2.07. The zero-order valence-corrected chi connectivity index (χ0v) is 18.7. The van der Waals surface area contributed by atoms with Gasteiger partial charge in [-0.15, -0.1) is 0 Å². The molecule has 1 heterocycles. The second kappa shape index (κ2) is 9.20. The quantitative estimate of drug-likeness (QED) is 0.211. The van der Waals surface area contributed by atoms with Crippen LogP contribution in [-0.4, -0.2) is 31.0 Å².